The molecule has 108 valence electrons. The van der Waals surface area contributed by atoms with Crippen LogP contribution in [0.5, 0.6) is 0 Å². The number of piperidine rings is 3. The van der Waals surface area contributed by atoms with Crippen molar-refractivity contribution in [2.75, 3.05) is 25.0 Å². The summed E-state index contributed by atoms with van der Waals surface area (Å²) in [5, 5.41) is 14.5. The van der Waals surface area contributed by atoms with Crippen LogP contribution in [-0.2, 0) is 0 Å². The predicted molar refractivity (Wildman–Crippen MR) is 75.0 cm³/mol. The maximum atomic E-state index is 11.2. The highest BCUT2D eigenvalue weighted by Gasteiger charge is 2.35. The Kier molecular flexibility index (Phi) is 3.47. The fourth-order valence-corrected chi connectivity index (χ4v) is 3.37. The molecule has 0 amide bonds. The first-order chi connectivity index (χ1) is 9.54. The Labute approximate surface area is 121 Å². The first kappa shape index (κ1) is 13.5. The van der Waals surface area contributed by atoms with Crippen LogP contribution in [-0.4, -0.2) is 45.5 Å². The monoisotopic (exact) mass is 297 g/mol. The largest absolute Gasteiger partial charge is 0.360 e. The van der Waals surface area contributed by atoms with Gasteiger partial charge in [-0.25, -0.2) is 4.98 Å². The zero-order chi connectivity index (χ0) is 14.3. The second-order valence-corrected chi connectivity index (χ2v) is 5.76. The molecule has 2 bridgehead atoms. The molecular formula is C12H16ClN5O2. The molecule has 1 aromatic heterocycles. The third-order valence-corrected chi connectivity index (χ3v) is 4.36. The van der Waals surface area contributed by atoms with E-state index in [9.17, 15) is 10.1 Å². The second kappa shape index (κ2) is 5.14. The van der Waals surface area contributed by atoms with Crippen LogP contribution in [0.4, 0.5) is 11.5 Å². The lowest BCUT2D eigenvalue weighted by Gasteiger charge is -2.45. The summed E-state index contributed by atoms with van der Waals surface area (Å²) in [5.74, 6) is 0.792. The Bertz CT molecular complexity index is 545. The van der Waals surface area contributed by atoms with Crippen molar-refractivity contribution in [3.05, 3.63) is 21.1 Å². The van der Waals surface area contributed by atoms with Gasteiger partial charge in [0.25, 0.3) is 0 Å². The van der Waals surface area contributed by atoms with Crippen molar-refractivity contribution in [2.45, 2.75) is 25.8 Å². The summed E-state index contributed by atoms with van der Waals surface area (Å²) in [5.41, 5.74) is 0.213. The maximum absolute atomic E-state index is 11.2. The van der Waals surface area contributed by atoms with Crippen molar-refractivity contribution in [3.8, 4) is 0 Å². The molecule has 0 aromatic carbocycles. The molecule has 3 saturated heterocycles. The Hall–Kier alpha value is -1.47. The fourth-order valence-electron chi connectivity index (χ4n) is 3.16. The lowest BCUT2D eigenvalue weighted by molar-refractivity contribution is -0.385. The van der Waals surface area contributed by atoms with Crippen LogP contribution in [0.3, 0.4) is 0 Å². The lowest BCUT2D eigenvalue weighted by atomic mass is 9.84. The van der Waals surface area contributed by atoms with Gasteiger partial charge in [0.1, 0.15) is 5.69 Å². The maximum Gasteiger partial charge on any atom is 0.332 e. The number of nitrogens with zero attached hydrogens (tertiary/aromatic N) is 4. The molecule has 1 atom stereocenters. The molecule has 3 aliphatic rings. The van der Waals surface area contributed by atoms with Crippen molar-refractivity contribution >= 4 is 23.1 Å². The zero-order valence-electron chi connectivity index (χ0n) is 11.2. The van der Waals surface area contributed by atoms with E-state index in [1.165, 1.54) is 0 Å². The number of fused-ring (bicyclic) bond motifs is 3. The van der Waals surface area contributed by atoms with Crippen LogP contribution in [0.2, 0.25) is 5.28 Å². The summed E-state index contributed by atoms with van der Waals surface area (Å²) in [6, 6.07) is 0.196. The minimum Gasteiger partial charge on any atom is -0.360 e. The van der Waals surface area contributed by atoms with E-state index in [0.717, 1.165) is 32.5 Å². The first-order valence-corrected chi connectivity index (χ1v) is 7.10. The van der Waals surface area contributed by atoms with Gasteiger partial charge in [0.2, 0.25) is 11.1 Å². The van der Waals surface area contributed by atoms with Gasteiger partial charge < -0.3 is 10.2 Å². The topological polar surface area (TPSA) is 84.2 Å². The summed E-state index contributed by atoms with van der Waals surface area (Å²) in [6.07, 6.45) is 2.26. The van der Waals surface area contributed by atoms with Crippen LogP contribution in [0, 0.1) is 23.0 Å². The second-order valence-electron chi connectivity index (χ2n) is 5.42. The van der Waals surface area contributed by atoms with Crippen LogP contribution < -0.4 is 5.32 Å². The molecule has 0 saturated carbocycles. The lowest BCUT2D eigenvalue weighted by Crippen LogP contribution is -2.53. The van der Waals surface area contributed by atoms with Crippen molar-refractivity contribution in [3.63, 3.8) is 0 Å². The van der Waals surface area contributed by atoms with E-state index in [0.29, 0.717) is 11.6 Å². The molecule has 0 spiro atoms. The summed E-state index contributed by atoms with van der Waals surface area (Å²) < 4.78 is 0. The molecule has 20 heavy (non-hydrogen) atoms. The molecule has 3 fully saturated rings. The van der Waals surface area contributed by atoms with Gasteiger partial charge in [-0.15, -0.1) is 0 Å². The van der Waals surface area contributed by atoms with E-state index in [4.69, 9.17) is 11.6 Å². The Morgan fingerprint density at radius 3 is 2.65 bits per heavy atom. The average molecular weight is 298 g/mol. The van der Waals surface area contributed by atoms with E-state index in [2.05, 4.69) is 20.2 Å². The molecule has 1 N–H and O–H groups in total. The minimum absolute atomic E-state index is 0.0388. The molecule has 3 aliphatic heterocycles. The fraction of sp³-hybridized carbons (Fsp3) is 0.667. The normalized spacial score (nSPS) is 28.4. The number of halogens is 1. The number of anilines is 1. The van der Waals surface area contributed by atoms with Crippen LogP contribution in [0.15, 0.2) is 0 Å². The molecule has 4 rings (SSSR count). The third-order valence-electron chi connectivity index (χ3n) is 4.19. The van der Waals surface area contributed by atoms with Gasteiger partial charge in [0, 0.05) is 12.6 Å². The molecule has 0 aliphatic carbocycles. The van der Waals surface area contributed by atoms with E-state index in [-0.39, 0.29) is 22.8 Å². The predicted octanol–water partition coefficient (Wildman–Crippen LogP) is 1.85. The Morgan fingerprint density at radius 1 is 1.40 bits per heavy atom. The highest BCUT2D eigenvalue weighted by molar-refractivity contribution is 6.28. The van der Waals surface area contributed by atoms with Crippen molar-refractivity contribution in [1.82, 2.24) is 14.9 Å². The summed E-state index contributed by atoms with van der Waals surface area (Å²) in [7, 11) is 0. The zero-order valence-corrected chi connectivity index (χ0v) is 11.9. The summed E-state index contributed by atoms with van der Waals surface area (Å²) >= 11 is 5.83. The molecule has 1 unspecified atom stereocenters. The number of hydrogen-bond donors (Lipinski definition) is 1. The number of aromatic nitrogens is 2. The highest BCUT2D eigenvalue weighted by atomic mass is 35.5. The smallest absolute Gasteiger partial charge is 0.332 e. The highest BCUT2D eigenvalue weighted by Crippen LogP contribution is 2.33. The van der Waals surface area contributed by atoms with Gasteiger partial charge in [-0.1, -0.05) is 0 Å². The number of nitrogens with one attached hydrogen (secondary N) is 1. The standard InChI is InChI=1S/C12H16ClN5O2/c1-7-10(18(19)20)11(16-12(13)14-7)15-9-6-17-4-2-8(9)3-5-17/h8-9H,2-6H2,1H3,(H,14,15,16). The Balaban J connectivity index is 1.88. The van der Waals surface area contributed by atoms with Gasteiger partial charge >= 0.3 is 5.69 Å². The molecule has 4 heterocycles. The van der Waals surface area contributed by atoms with Crippen molar-refractivity contribution in [1.29, 1.82) is 0 Å². The molecular weight excluding hydrogens is 282 g/mol. The van der Waals surface area contributed by atoms with Crippen molar-refractivity contribution < 1.29 is 4.92 Å². The molecule has 1 aromatic rings. The number of aryl methyl sites for hydroxylation is 1. The van der Waals surface area contributed by atoms with E-state index < -0.39 is 4.92 Å². The van der Waals surface area contributed by atoms with E-state index in [1.807, 2.05) is 0 Å². The van der Waals surface area contributed by atoms with Crippen LogP contribution in [0.1, 0.15) is 18.5 Å². The van der Waals surface area contributed by atoms with E-state index >= 15 is 0 Å². The van der Waals surface area contributed by atoms with Crippen molar-refractivity contribution in [2.24, 2.45) is 5.92 Å². The molecule has 0 radical (unpaired) electrons. The van der Waals surface area contributed by atoms with Gasteiger partial charge in [0.15, 0.2) is 0 Å². The average Bonchev–Trinajstić information content (AvgIpc) is 2.38. The summed E-state index contributed by atoms with van der Waals surface area (Å²) in [6.45, 7) is 4.72. The van der Waals surface area contributed by atoms with Gasteiger partial charge in [-0.05, 0) is 50.4 Å². The quantitative estimate of drug-likeness (QED) is 0.521. The number of nitro groups is 1. The number of rotatable bonds is 3. The first-order valence-electron chi connectivity index (χ1n) is 6.72. The molecule has 7 nitrogen and oxygen atoms in total. The minimum atomic E-state index is -0.449. The SMILES string of the molecule is Cc1nc(Cl)nc(NC2CN3CCC2CC3)c1[N+](=O)[O-]. The van der Waals surface area contributed by atoms with Crippen LogP contribution in [0.25, 0.3) is 0 Å². The third kappa shape index (κ3) is 2.43. The summed E-state index contributed by atoms with van der Waals surface area (Å²) in [4.78, 5) is 21.0. The Morgan fingerprint density at radius 2 is 2.10 bits per heavy atom. The van der Waals surface area contributed by atoms with Crippen LogP contribution >= 0.6 is 11.6 Å². The number of hydrogen-bond acceptors (Lipinski definition) is 6. The van der Waals surface area contributed by atoms with Gasteiger partial charge in [0.05, 0.1) is 4.92 Å². The van der Waals surface area contributed by atoms with Gasteiger partial charge in [-0.3, -0.25) is 10.1 Å². The van der Waals surface area contributed by atoms with E-state index in [1.54, 1.807) is 6.92 Å². The molecule has 8 heteroatoms. The van der Waals surface area contributed by atoms with Gasteiger partial charge in [-0.2, -0.15) is 4.98 Å².